The van der Waals surface area contributed by atoms with E-state index in [1.54, 1.807) is 12.0 Å². The molecule has 1 N–H and O–H groups in total. The smallest absolute Gasteiger partial charge is 0.274 e. The van der Waals surface area contributed by atoms with Crippen LogP contribution in [0.2, 0.25) is 0 Å². The first-order valence-electron chi connectivity index (χ1n) is 11.6. The lowest BCUT2D eigenvalue weighted by molar-refractivity contribution is -0.121. The molecule has 0 spiro atoms. The molecule has 2 aromatic carbocycles. The third kappa shape index (κ3) is 7.78. The van der Waals surface area contributed by atoms with Gasteiger partial charge in [-0.15, -0.1) is 0 Å². The van der Waals surface area contributed by atoms with Gasteiger partial charge in [-0.3, -0.25) is 14.6 Å². The Bertz CT molecular complexity index is 961. The van der Waals surface area contributed by atoms with Crippen molar-refractivity contribution < 1.29 is 14.3 Å². The van der Waals surface area contributed by atoms with Crippen molar-refractivity contribution in [3.05, 3.63) is 96.1 Å². The molecule has 0 aliphatic carbocycles. The van der Waals surface area contributed by atoms with Crippen molar-refractivity contribution in [2.45, 2.75) is 25.2 Å². The highest BCUT2D eigenvalue weighted by Crippen LogP contribution is 2.27. The number of methoxy groups -OCH3 is 1. The highest BCUT2D eigenvalue weighted by atomic mass is 16.5. The Labute approximate surface area is 201 Å². The third-order valence-corrected chi connectivity index (χ3v) is 5.61. The third-order valence-electron chi connectivity index (χ3n) is 5.61. The van der Waals surface area contributed by atoms with E-state index in [0.29, 0.717) is 32.7 Å². The highest BCUT2D eigenvalue weighted by Gasteiger charge is 2.19. The number of hydrogen-bond donors (Lipinski definition) is 1. The van der Waals surface area contributed by atoms with Crippen LogP contribution in [0.25, 0.3) is 0 Å². The van der Waals surface area contributed by atoms with Crippen LogP contribution in [0.3, 0.4) is 0 Å². The van der Waals surface area contributed by atoms with Gasteiger partial charge in [0.25, 0.3) is 5.91 Å². The number of ether oxygens (including phenoxy) is 1. The summed E-state index contributed by atoms with van der Waals surface area (Å²) in [5.74, 6) is -0.111. The van der Waals surface area contributed by atoms with Crippen LogP contribution in [0, 0.1) is 0 Å². The van der Waals surface area contributed by atoms with Crippen LogP contribution < -0.4 is 5.32 Å². The second-order valence-corrected chi connectivity index (χ2v) is 7.99. The van der Waals surface area contributed by atoms with Crippen molar-refractivity contribution in [1.82, 2.24) is 20.2 Å². The second kappa shape index (κ2) is 13.9. The molecule has 34 heavy (non-hydrogen) atoms. The van der Waals surface area contributed by atoms with E-state index in [-0.39, 0.29) is 29.8 Å². The fourth-order valence-electron chi connectivity index (χ4n) is 3.86. The van der Waals surface area contributed by atoms with Gasteiger partial charge in [-0.1, -0.05) is 60.7 Å². The zero-order valence-corrected chi connectivity index (χ0v) is 19.6. The normalized spacial score (nSPS) is 10.8. The molecule has 3 rings (SSSR count). The molecule has 1 heterocycles. The fraction of sp³-hybridized carbons (Fsp3) is 0.333. The van der Waals surface area contributed by atoms with Crippen LogP contribution >= 0.6 is 0 Å². The molecule has 3 aromatic rings. The minimum atomic E-state index is -0.231. The average molecular weight is 461 g/mol. The lowest BCUT2D eigenvalue weighted by Gasteiger charge is -2.22. The summed E-state index contributed by atoms with van der Waals surface area (Å²) in [7, 11) is 1.63. The predicted molar refractivity (Wildman–Crippen MR) is 131 cm³/mol. The number of carbonyl (C=O) groups excluding carboxylic acids is 2. The van der Waals surface area contributed by atoms with Crippen molar-refractivity contribution in [2.24, 2.45) is 0 Å². The van der Waals surface area contributed by atoms with Crippen molar-refractivity contribution in [3.8, 4) is 0 Å². The average Bonchev–Trinajstić information content (AvgIpc) is 2.90. The highest BCUT2D eigenvalue weighted by molar-refractivity contribution is 5.92. The van der Waals surface area contributed by atoms with Crippen molar-refractivity contribution in [1.29, 1.82) is 0 Å². The van der Waals surface area contributed by atoms with Crippen molar-refractivity contribution in [3.63, 3.8) is 0 Å². The summed E-state index contributed by atoms with van der Waals surface area (Å²) < 4.78 is 5.11. The molecule has 0 radical (unpaired) electrons. The molecule has 0 aliphatic rings. The SMILES string of the molecule is COCCCN(CCC(=O)NCCC(c1ccccc1)c1ccccc1)C(=O)c1cnccn1. The Kier molecular flexibility index (Phi) is 10.2. The van der Waals surface area contributed by atoms with E-state index in [1.807, 2.05) is 36.4 Å². The summed E-state index contributed by atoms with van der Waals surface area (Å²) in [6, 6.07) is 20.6. The molecule has 0 aliphatic heterocycles. The number of amides is 2. The minimum absolute atomic E-state index is 0.0800. The number of nitrogens with one attached hydrogen (secondary N) is 1. The Morgan fingerprint density at radius 1 is 0.971 bits per heavy atom. The topological polar surface area (TPSA) is 84.4 Å². The zero-order chi connectivity index (χ0) is 24.0. The van der Waals surface area contributed by atoms with Crippen molar-refractivity contribution >= 4 is 11.8 Å². The van der Waals surface area contributed by atoms with Crippen LogP contribution in [-0.2, 0) is 9.53 Å². The van der Waals surface area contributed by atoms with Gasteiger partial charge < -0.3 is 15.0 Å². The van der Waals surface area contributed by atoms with Gasteiger partial charge >= 0.3 is 0 Å². The molecule has 0 saturated carbocycles. The largest absolute Gasteiger partial charge is 0.385 e. The molecule has 0 saturated heterocycles. The summed E-state index contributed by atoms with van der Waals surface area (Å²) in [6.45, 7) is 1.89. The molecule has 0 bridgehead atoms. The van der Waals surface area contributed by atoms with Gasteiger partial charge in [-0.05, 0) is 24.0 Å². The first kappa shape index (κ1) is 25.1. The number of nitrogens with zero attached hydrogens (tertiary/aromatic N) is 3. The summed E-state index contributed by atoms with van der Waals surface area (Å²) >= 11 is 0. The van der Waals surface area contributed by atoms with Gasteiger partial charge in [0.2, 0.25) is 5.91 Å². The van der Waals surface area contributed by atoms with Crippen LogP contribution in [0.4, 0.5) is 0 Å². The van der Waals surface area contributed by atoms with Gasteiger partial charge in [0.15, 0.2) is 0 Å². The number of carbonyl (C=O) groups is 2. The molecular formula is C27H32N4O3. The fourth-order valence-corrected chi connectivity index (χ4v) is 3.86. The van der Waals surface area contributed by atoms with Gasteiger partial charge in [0.1, 0.15) is 5.69 Å². The molecule has 7 heteroatoms. The Hall–Kier alpha value is -3.58. The van der Waals surface area contributed by atoms with E-state index in [1.165, 1.54) is 29.7 Å². The molecule has 2 amide bonds. The molecular weight excluding hydrogens is 428 g/mol. The quantitative estimate of drug-likeness (QED) is 0.393. The maximum atomic E-state index is 12.8. The standard InChI is InChI=1S/C27H32N4O3/c1-34-20-8-18-31(27(33)25-21-28-16-17-29-25)19-14-26(32)30-15-13-24(22-9-4-2-5-10-22)23-11-6-3-7-12-23/h2-7,9-12,16-17,21,24H,8,13-15,18-20H2,1H3,(H,30,32). The van der Waals surface area contributed by atoms with Crippen LogP contribution in [-0.4, -0.2) is 60.0 Å². The Morgan fingerprint density at radius 3 is 2.24 bits per heavy atom. The summed E-state index contributed by atoms with van der Waals surface area (Å²) in [5, 5.41) is 3.02. The van der Waals surface area contributed by atoms with E-state index in [9.17, 15) is 9.59 Å². The Balaban J connectivity index is 1.54. The zero-order valence-electron chi connectivity index (χ0n) is 19.6. The molecule has 0 fully saturated rings. The first-order chi connectivity index (χ1) is 16.7. The number of benzene rings is 2. The maximum Gasteiger partial charge on any atom is 0.274 e. The maximum absolute atomic E-state index is 12.8. The van der Waals surface area contributed by atoms with Crippen LogP contribution in [0.15, 0.2) is 79.3 Å². The minimum Gasteiger partial charge on any atom is -0.385 e. The summed E-state index contributed by atoms with van der Waals surface area (Å²) in [6.07, 6.45) is 6.15. The Morgan fingerprint density at radius 2 is 1.65 bits per heavy atom. The molecule has 178 valence electrons. The van der Waals surface area contributed by atoms with E-state index >= 15 is 0 Å². The lowest BCUT2D eigenvalue weighted by atomic mass is 9.88. The van der Waals surface area contributed by atoms with E-state index in [4.69, 9.17) is 4.74 Å². The van der Waals surface area contributed by atoms with Gasteiger partial charge in [0, 0.05) is 58.1 Å². The van der Waals surface area contributed by atoms with E-state index in [0.717, 1.165) is 6.42 Å². The van der Waals surface area contributed by atoms with Gasteiger partial charge in [0.05, 0.1) is 6.20 Å². The number of hydrogen-bond acceptors (Lipinski definition) is 5. The molecule has 1 aromatic heterocycles. The second-order valence-electron chi connectivity index (χ2n) is 7.99. The monoisotopic (exact) mass is 460 g/mol. The predicted octanol–water partition coefficient (Wildman–Crippen LogP) is 3.68. The number of rotatable bonds is 13. The molecule has 0 atom stereocenters. The van der Waals surface area contributed by atoms with Gasteiger partial charge in [-0.25, -0.2) is 4.98 Å². The summed E-state index contributed by atoms with van der Waals surface area (Å²) in [4.78, 5) is 35.1. The van der Waals surface area contributed by atoms with Crippen molar-refractivity contribution in [2.75, 3.05) is 33.4 Å². The van der Waals surface area contributed by atoms with E-state index in [2.05, 4.69) is 39.6 Å². The number of aromatic nitrogens is 2. The molecule has 7 nitrogen and oxygen atoms in total. The lowest BCUT2D eigenvalue weighted by Crippen LogP contribution is -2.37. The van der Waals surface area contributed by atoms with Crippen LogP contribution in [0.5, 0.6) is 0 Å². The van der Waals surface area contributed by atoms with Crippen LogP contribution in [0.1, 0.15) is 46.8 Å². The van der Waals surface area contributed by atoms with Gasteiger partial charge in [-0.2, -0.15) is 0 Å². The molecule has 0 unspecified atom stereocenters. The van der Waals surface area contributed by atoms with E-state index < -0.39 is 0 Å². The first-order valence-corrected chi connectivity index (χ1v) is 11.6. The summed E-state index contributed by atoms with van der Waals surface area (Å²) in [5.41, 5.74) is 2.72.